The largest absolute Gasteiger partial charge is 0.382 e. The van der Waals surface area contributed by atoms with Crippen molar-refractivity contribution in [3.05, 3.63) is 35.6 Å². The van der Waals surface area contributed by atoms with Crippen molar-refractivity contribution >= 4 is 5.91 Å². The maximum atomic E-state index is 12.9. The number of piperidine rings is 1. The summed E-state index contributed by atoms with van der Waals surface area (Å²) in [5.41, 5.74) is 1.12. The first-order valence-electron chi connectivity index (χ1n) is 8.51. The predicted molar refractivity (Wildman–Crippen MR) is 88.5 cm³/mol. The monoisotopic (exact) mass is 322 g/mol. The van der Waals surface area contributed by atoms with Crippen LogP contribution in [0.4, 0.5) is 4.39 Å². The third-order valence-corrected chi connectivity index (χ3v) is 4.25. The molecule has 23 heavy (non-hydrogen) atoms. The van der Waals surface area contributed by atoms with Crippen LogP contribution in [0.5, 0.6) is 0 Å². The Bertz CT molecular complexity index is 470. The number of halogens is 1. The molecule has 0 spiro atoms. The van der Waals surface area contributed by atoms with Gasteiger partial charge < -0.3 is 10.1 Å². The summed E-state index contributed by atoms with van der Waals surface area (Å²) in [6, 6.07) is 6.65. The van der Waals surface area contributed by atoms with E-state index < -0.39 is 0 Å². The van der Waals surface area contributed by atoms with Crippen LogP contribution in [0.3, 0.4) is 0 Å². The van der Waals surface area contributed by atoms with E-state index in [1.807, 2.05) is 19.1 Å². The van der Waals surface area contributed by atoms with Crippen LogP contribution in [0.25, 0.3) is 0 Å². The third kappa shape index (κ3) is 6.28. The Balaban J connectivity index is 1.65. The molecule has 2 rings (SSSR count). The summed E-state index contributed by atoms with van der Waals surface area (Å²) in [7, 11) is 0. The maximum absolute atomic E-state index is 12.9. The number of nitrogens with zero attached hydrogens (tertiary/aromatic N) is 1. The average Bonchev–Trinajstić information content (AvgIpc) is 2.57. The second-order valence-corrected chi connectivity index (χ2v) is 6.02. The molecule has 0 saturated carbocycles. The van der Waals surface area contributed by atoms with Crippen LogP contribution in [0.2, 0.25) is 0 Å². The molecular weight excluding hydrogens is 295 g/mol. The molecule has 1 aliphatic heterocycles. The number of carbonyl (C=O) groups is 1. The molecule has 1 amide bonds. The molecule has 128 valence electrons. The fourth-order valence-corrected chi connectivity index (χ4v) is 2.88. The lowest BCUT2D eigenvalue weighted by molar-refractivity contribution is -0.126. The molecule has 0 bridgehead atoms. The molecule has 4 nitrogen and oxygen atoms in total. The molecule has 0 aliphatic carbocycles. The van der Waals surface area contributed by atoms with Gasteiger partial charge in [0.2, 0.25) is 5.91 Å². The highest BCUT2D eigenvalue weighted by molar-refractivity contribution is 5.78. The third-order valence-electron chi connectivity index (χ3n) is 4.25. The quantitative estimate of drug-likeness (QED) is 0.748. The minimum atomic E-state index is -0.200. The van der Waals surface area contributed by atoms with Gasteiger partial charge in [0.05, 0.1) is 0 Å². The number of likely N-dealkylation sites (tertiary alicyclic amines) is 1. The highest BCUT2D eigenvalue weighted by Gasteiger charge is 2.24. The Kier molecular flexibility index (Phi) is 7.49. The Hall–Kier alpha value is -1.46. The summed E-state index contributed by atoms with van der Waals surface area (Å²) in [6.07, 6.45) is 2.64. The van der Waals surface area contributed by atoms with Crippen LogP contribution >= 0.6 is 0 Å². The van der Waals surface area contributed by atoms with Crippen LogP contribution in [0.15, 0.2) is 24.3 Å². The first-order valence-corrected chi connectivity index (χ1v) is 8.51. The number of nitrogens with one attached hydrogen (secondary N) is 1. The first-order chi connectivity index (χ1) is 11.2. The number of carbonyl (C=O) groups excluding carboxylic acids is 1. The Morgan fingerprint density at radius 3 is 2.65 bits per heavy atom. The molecule has 1 aromatic rings. The standard InChI is InChI=1S/C18H27FN2O2/c1-2-23-13-3-10-20-18(22)16-8-11-21(12-9-16)14-15-4-6-17(19)7-5-15/h4-7,16H,2-3,8-14H2,1H3,(H,20,22). The fraction of sp³-hybridized carbons (Fsp3) is 0.611. The van der Waals surface area contributed by atoms with E-state index in [-0.39, 0.29) is 17.6 Å². The highest BCUT2D eigenvalue weighted by Crippen LogP contribution is 2.19. The molecular formula is C18H27FN2O2. The minimum Gasteiger partial charge on any atom is -0.382 e. The van der Waals surface area contributed by atoms with Gasteiger partial charge in [-0.25, -0.2) is 4.39 Å². The topological polar surface area (TPSA) is 41.6 Å². The zero-order valence-electron chi connectivity index (χ0n) is 13.9. The minimum absolute atomic E-state index is 0.117. The molecule has 1 heterocycles. The summed E-state index contributed by atoms with van der Waals surface area (Å²) in [5.74, 6) is 0.0861. The summed E-state index contributed by atoms with van der Waals surface area (Å²) >= 11 is 0. The van der Waals surface area contributed by atoms with Crippen LogP contribution in [-0.2, 0) is 16.1 Å². The van der Waals surface area contributed by atoms with Gasteiger partial charge in [-0.1, -0.05) is 12.1 Å². The van der Waals surface area contributed by atoms with Crippen molar-refractivity contribution in [3.8, 4) is 0 Å². The van der Waals surface area contributed by atoms with Crippen LogP contribution in [-0.4, -0.2) is 43.7 Å². The predicted octanol–water partition coefficient (Wildman–Crippen LogP) is 2.58. The van der Waals surface area contributed by atoms with Gasteiger partial charge in [-0.15, -0.1) is 0 Å². The number of amides is 1. The van der Waals surface area contributed by atoms with Crippen LogP contribution in [0, 0.1) is 11.7 Å². The summed E-state index contributed by atoms with van der Waals surface area (Å²) in [4.78, 5) is 14.4. The van der Waals surface area contributed by atoms with Crippen molar-refractivity contribution in [3.63, 3.8) is 0 Å². The van der Waals surface area contributed by atoms with Gasteiger partial charge in [0.25, 0.3) is 0 Å². The number of ether oxygens (including phenoxy) is 1. The van der Waals surface area contributed by atoms with Crippen LogP contribution < -0.4 is 5.32 Å². The van der Waals surface area contributed by atoms with E-state index in [4.69, 9.17) is 4.74 Å². The summed E-state index contributed by atoms with van der Waals surface area (Å²) in [6.45, 7) is 6.73. The molecule has 1 N–H and O–H groups in total. The zero-order chi connectivity index (χ0) is 16.5. The lowest BCUT2D eigenvalue weighted by atomic mass is 9.95. The Labute approximate surface area is 138 Å². The van der Waals surface area contributed by atoms with Crippen molar-refractivity contribution in [2.24, 2.45) is 5.92 Å². The van der Waals surface area contributed by atoms with Gasteiger partial charge >= 0.3 is 0 Å². The molecule has 1 aromatic carbocycles. The molecule has 0 unspecified atom stereocenters. The second kappa shape index (κ2) is 9.63. The molecule has 0 atom stereocenters. The van der Waals surface area contributed by atoms with E-state index in [2.05, 4.69) is 10.2 Å². The number of hydrogen-bond acceptors (Lipinski definition) is 3. The second-order valence-electron chi connectivity index (χ2n) is 6.02. The van der Waals surface area contributed by atoms with E-state index in [0.29, 0.717) is 13.2 Å². The normalized spacial score (nSPS) is 16.4. The average molecular weight is 322 g/mol. The molecule has 1 fully saturated rings. The molecule has 1 saturated heterocycles. The van der Waals surface area contributed by atoms with Gasteiger partial charge in [0, 0.05) is 32.2 Å². The fourth-order valence-electron chi connectivity index (χ4n) is 2.88. The highest BCUT2D eigenvalue weighted by atomic mass is 19.1. The SMILES string of the molecule is CCOCCCNC(=O)C1CCN(Cc2ccc(F)cc2)CC1. The summed E-state index contributed by atoms with van der Waals surface area (Å²) < 4.78 is 18.2. The first kappa shape index (κ1) is 17.9. The van der Waals surface area contributed by atoms with Crippen molar-refractivity contribution in [2.45, 2.75) is 32.7 Å². The Morgan fingerprint density at radius 2 is 2.00 bits per heavy atom. The van der Waals surface area contributed by atoms with Crippen molar-refractivity contribution in [1.29, 1.82) is 0 Å². The van der Waals surface area contributed by atoms with Gasteiger partial charge in [-0.3, -0.25) is 9.69 Å². The van der Waals surface area contributed by atoms with E-state index in [1.54, 1.807) is 0 Å². The molecule has 0 radical (unpaired) electrons. The van der Waals surface area contributed by atoms with Crippen molar-refractivity contribution < 1.29 is 13.9 Å². The van der Waals surface area contributed by atoms with E-state index >= 15 is 0 Å². The molecule has 0 aromatic heterocycles. The van der Waals surface area contributed by atoms with Crippen molar-refractivity contribution in [2.75, 3.05) is 32.8 Å². The smallest absolute Gasteiger partial charge is 0.223 e. The number of benzene rings is 1. The number of hydrogen-bond donors (Lipinski definition) is 1. The van der Waals surface area contributed by atoms with Gasteiger partial charge in [-0.2, -0.15) is 0 Å². The number of rotatable bonds is 8. The van der Waals surface area contributed by atoms with Gasteiger partial charge in [-0.05, 0) is 57.0 Å². The Morgan fingerprint density at radius 1 is 1.30 bits per heavy atom. The molecule has 1 aliphatic rings. The lowest BCUT2D eigenvalue weighted by Gasteiger charge is -2.31. The lowest BCUT2D eigenvalue weighted by Crippen LogP contribution is -2.40. The zero-order valence-corrected chi connectivity index (χ0v) is 13.9. The van der Waals surface area contributed by atoms with Crippen molar-refractivity contribution in [1.82, 2.24) is 10.2 Å². The van der Waals surface area contributed by atoms with E-state index in [1.165, 1.54) is 12.1 Å². The van der Waals surface area contributed by atoms with E-state index in [9.17, 15) is 9.18 Å². The van der Waals surface area contributed by atoms with E-state index in [0.717, 1.165) is 51.1 Å². The van der Waals surface area contributed by atoms with Gasteiger partial charge in [0.15, 0.2) is 0 Å². The van der Waals surface area contributed by atoms with Crippen LogP contribution in [0.1, 0.15) is 31.7 Å². The molecule has 5 heteroatoms. The maximum Gasteiger partial charge on any atom is 0.223 e. The summed E-state index contributed by atoms with van der Waals surface area (Å²) in [5, 5.41) is 3.00. The van der Waals surface area contributed by atoms with Gasteiger partial charge in [0.1, 0.15) is 5.82 Å².